The van der Waals surface area contributed by atoms with Crippen molar-refractivity contribution >= 4 is 18.6 Å². The highest BCUT2D eigenvalue weighted by molar-refractivity contribution is 6.68. The van der Waals surface area contributed by atoms with E-state index in [4.69, 9.17) is 9.31 Å². The maximum absolute atomic E-state index is 14.8. The summed E-state index contributed by atoms with van der Waals surface area (Å²) in [5.41, 5.74) is 0.747. The monoisotopic (exact) mass is 311 g/mol. The van der Waals surface area contributed by atoms with Crippen molar-refractivity contribution in [2.75, 3.05) is 20.1 Å². The predicted molar refractivity (Wildman–Crippen MR) is 73.6 cm³/mol. The van der Waals surface area contributed by atoms with Gasteiger partial charge in [-0.2, -0.15) is 0 Å². The zero-order chi connectivity index (χ0) is 16.0. The van der Waals surface area contributed by atoms with Crippen LogP contribution in [-0.4, -0.2) is 49.0 Å². The van der Waals surface area contributed by atoms with E-state index in [0.717, 1.165) is 5.56 Å². The molecule has 2 aliphatic heterocycles. The highest BCUT2D eigenvalue weighted by atomic mass is 19.3. The Morgan fingerprint density at radius 3 is 2.23 bits per heavy atom. The molecule has 0 unspecified atom stereocenters. The molecule has 0 saturated carbocycles. The summed E-state index contributed by atoms with van der Waals surface area (Å²) in [7, 11) is 1.41. The Bertz CT molecular complexity index is 603. The van der Waals surface area contributed by atoms with Gasteiger partial charge in [0.1, 0.15) is 13.1 Å². The number of fused-ring (bicyclic) bond motifs is 1. The van der Waals surface area contributed by atoms with Crippen molar-refractivity contribution in [2.45, 2.75) is 18.7 Å². The van der Waals surface area contributed by atoms with Crippen LogP contribution in [0.2, 0.25) is 0 Å². The smallest absolute Gasteiger partial charge is 0.596 e. The van der Waals surface area contributed by atoms with E-state index in [9.17, 15) is 18.4 Å². The lowest BCUT2D eigenvalue weighted by molar-refractivity contribution is -0.797. The lowest BCUT2D eigenvalue weighted by atomic mass is 9.59. The van der Waals surface area contributed by atoms with Gasteiger partial charge in [-0.25, -0.2) is 8.78 Å². The van der Waals surface area contributed by atoms with Crippen molar-refractivity contribution in [3.05, 3.63) is 35.9 Å². The maximum Gasteiger partial charge on any atom is 0.651 e. The van der Waals surface area contributed by atoms with E-state index >= 15 is 0 Å². The van der Waals surface area contributed by atoms with Crippen LogP contribution in [0.3, 0.4) is 0 Å². The molecule has 0 bridgehead atoms. The van der Waals surface area contributed by atoms with Gasteiger partial charge in [0.15, 0.2) is 0 Å². The second-order valence-electron chi connectivity index (χ2n) is 6.19. The van der Waals surface area contributed by atoms with E-state index in [1.165, 1.54) is 7.05 Å². The third-order valence-corrected chi connectivity index (χ3v) is 4.51. The molecule has 1 aromatic rings. The average molecular weight is 311 g/mol. The van der Waals surface area contributed by atoms with Crippen molar-refractivity contribution in [1.29, 1.82) is 0 Å². The molecule has 2 heterocycles. The van der Waals surface area contributed by atoms with Crippen LogP contribution < -0.4 is 0 Å². The molecule has 2 saturated heterocycles. The van der Waals surface area contributed by atoms with E-state index in [1.54, 1.807) is 30.3 Å². The molecule has 0 spiro atoms. The van der Waals surface area contributed by atoms with Crippen LogP contribution in [0.5, 0.6) is 0 Å². The number of hydrogen-bond acceptors (Lipinski definition) is 4. The van der Waals surface area contributed by atoms with Gasteiger partial charge in [-0.3, -0.25) is 9.59 Å². The molecular weight excluding hydrogens is 295 g/mol. The summed E-state index contributed by atoms with van der Waals surface area (Å²) >= 11 is 0. The minimum absolute atomic E-state index is 0.104. The van der Waals surface area contributed by atoms with Gasteiger partial charge in [0.05, 0.1) is 0 Å². The van der Waals surface area contributed by atoms with E-state index in [2.05, 4.69) is 0 Å². The number of carbonyl (C=O) groups is 2. The van der Waals surface area contributed by atoms with Crippen molar-refractivity contribution in [3.8, 4) is 0 Å². The topological polar surface area (TPSA) is 52.6 Å². The fourth-order valence-electron chi connectivity index (χ4n) is 3.36. The van der Waals surface area contributed by atoms with Gasteiger partial charge in [0, 0.05) is 7.05 Å². The minimum atomic E-state index is -3.41. The molecule has 1 aromatic carbocycles. The zero-order valence-corrected chi connectivity index (χ0v) is 12.1. The van der Waals surface area contributed by atoms with Crippen molar-refractivity contribution in [2.24, 2.45) is 0 Å². The summed E-state index contributed by atoms with van der Waals surface area (Å²) in [5.74, 6) is -4.92. The van der Waals surface area contributed by atoms with Crippen LogP contribution >= 0.6 is 0 Å². The van der Waals surface area contributed by atoms with Crippen LogP contribution in [0.15, 0.2) is 30.3 Å². The molecule has 118 valence electrons. The van der Waals surface area contributed by atoms with Crippen LogP contribution in [0.4, 0.5) is 8.78 Å². The number of aryl methyl sites for hydroxylation is 1. The molecule has 0 amide bonds. The van der Waals surface area contributed by atoms with Gasteiger partial charge >= 0.3 is 18.6 Å². The number of halogens is 2. The molecule has 0 aromatic heterocycles. The maximum atomic E-state index is 14.8. The summed E-state index contributed by atoms with van der Waals surface area (Å²) in [6, 6.07) is 8.83. The summed E-state index contributed by atoms with van der Waals surface area (Å²) in [4.78, 5) is 23.1. The summed E-state index contributed by atoms with van der Waals surface area (Å²) in [5, 5.41) is 0. The van der Waals surface area contributed by atoms with Crippen LogP contribution in [0.25, 0.3) is 0 Å². The van der Waals surface area contributed by atoms with Crippen LogP contribution in [0, 0.1) is 0 Å². The van der Waals surface area contributed by atoms with Crippen LogP contribution in [0.1, 0.15) is 12.0 Å². The van der Waals surface area contributed by atoms with Crippen molar-refractivity contribution < 1.29 is 32.1 Å². The van der Waals surface area contributed by atoms with Gasteiger partial charge < -0.3 is 13.7 Å². The first-order valence-corrected chi connectivity index (χ1v) is 7.12. The standard InChI is InChI=1S/C14H16BF2NO4/c1-18-9-12(19)21-15(18,22-13(20)10-18)14(16,17)8-7-11-5-3-2-4-6-11/h2-6H,7-10H2,1H3. The quantitative estimate of drug-likeness (QED) is 0.787. The molecule has 0 N–H and O–H groups in total. The third-order valence-electron chi connectivity index (χ3n) is 4.51. The molecule has 8 heteroatoms. The number of benzene rings is 1. The Morgan fingerprint density at radius 2 is 1.68 bits per heavy atom. The summed E-state index contributed by atoms with van der Waals surface area (Å²) in [6.07, 6.45) is -0.447. The normalized spacial score (nSPS) is 30.9. The first-order valence-electron chi connectivity index (χ1n) is 7.12. The molecule has 22 heavy (non-hydrogen) atoms. The lowest BCUT2D eigenvalue weighted by Crippen LogP contribution is -2.70. The first kappa shape index (κ1) is 15.0. The van der Waals surface area contributed by atoms with Crippen molar-refractivity contribution in [1.82, 2.24) is 0 Å². The Labute approximate surface area is 126 Å². The second kappa shape index (κ2) is 4.77. The van der Waals surface area contributed by atoms with Gasteiger partial charge in [-0.15, -0.1) is 0 Å². The Balaban J connectivity index is 1.86. The van der Waals surface area contributed by atoms with Gasteiger partial charge in [-0.1, -0.05) is 30.3 Å². The van der Waals surface area contributed by atoms with Gasteiger partial charge in [0.2, 0.25) is 0 Å². The van der Waals surface area contributed by atoms with Gasteiger partial charge in [0.25, 0.3) is 5.82 Å². The molecule has 0 aliphatic carbocycles. The molecule has 2 fully saturated rings. The molecular formula is C14H16BF2NO4. The third kappa shape index (κ3) is 2.09. The largest absolute Gasteiger partial charge is 0.651 e. The fourth-order valence-corrected chi connectivity index (χ4v) is 3.36. The predicted octanol–water partition coefficient (Wildman–Crippen LogP) is 1.29. The molecule has 0 atom stereocenters. The Morgan fingerprint density at radius 1 is 1.14 bits per heavy atom. The van der Waals surface area contributed by atoms with E-state index in [0.29, 0.717) is 0 Å². The number of alkyl halides is 2. The number of hydrogen-bond donors (Lipinski definition) is 0. The van der Waals surface area contributed by atoms with E-state index in [-0.39, 0.29) is 19.5 Å². The Hall–Kier alpha value is -1.96. The molecule has 0 radical (unpaired) electrons. The fraction of sp³-hybridized carbons (Fsp3) is 0.429. The van der Waals surface area contributed by atoms with Crippen molar-refractivity contribution in [3.63, 3.8) is 0 Å². The highest BCUT2D eigenvalue weighted by Gasteiger charge is 2.77. The average Bonchev–Trinajstić information content (AvgIpc) is 2.83. The van der Waals surface area contributed by atoms with Gasteiger partial charge in [-0.05, 0) is 18.4 Å². The SMILES string of the molecule is C[N+]12CC(=O)O[B-]1(C(F)(F)CCc1ccccc1)OC(=O)C2. The number of carbonyl (C=O) groups excluding carboxylic acids is 2. The van der Waals surface area contributed by atoms with E-state index < -0.39 is 35.3 Å². The zero-order valence-electron chi connectivity index (χ0n) is 12.1. The summed E-state index contributed by atoms with van der Waals surface area (Å²) in [6.45, 7) is -3.88. The number of nitrogens with zero attached hydrogens (tertiary/aromatic N) is 1. The molecule has 2 aliphatic rings. The summed E-state index contributed by atoms with van der Waals surface area (Å²) < 4.78 is 38.9. The molecule has 3 rings (SSSR count). The number of rotatable bonds is 4. The lowest BCUT2D eigenvalue weighted by Gasteiger charge is -2.43. The second-order valence-corrected chi connectivity index (χ2v) is 6.19. The first-order chi connectivity index (χ1) is 10.3. The van der Waals surface area contributed by atoms with Crippen LogP contribution in [-0.2, 0) is 25.3 Å². The number of likely N-dealkylation sites (N-methyl/N-ethyl adjacent to an activating group) is 1. The minimum Gasteiger partial charge on any atom is -0.596 e. The van der Waals surface area contributed by atoms with E-state index in [1.807, 2.05) is 0 Å². The molecule has 5 nitrogen and oxygen atoms in total. The number of quaternary nitrogens is 1. The highest BCUT2D eigenvalue weighted by Crippen LogP contribution is 2.45. The Kier molecular flexibility index (Phi) is 3.25.